The van der Waals surface area contributed by atoms with Gasteiger partial charge in [-0.05, 0) is 26.2 Å². The summed E-state index contributed by atoms with van der Waals surface area (Å²) in [5, 5.41) is 11.8. The van der Waals surface area contributed by atoms with Crippen molar-refractivity contribution in [2.75, 3.05) is 6.54 Å². The monoisotopic (exact) mass is 283 g/mol. The molecule has 0 radical (unpaired) electrons. The lowest BCUT2D eigenvalue weighted by molar-refractivity contribution is -0.120. The smallest absolute Gasteiger partial charge is 0.233 e. The van der Waals surface area contributed by atoms with E-state index in [0.29, 0.717) is 19.1 Å². The number of nitrogens with one attached hydrogen (secondary N) is 1. The van der Waals surface area contributed by atoms with E-state index in [-0.39, 0.29) is 11.2 Å². The molecule has 1 aromatic heterocycles. The summed E-state index contributed by atoms with van der Waals surface area (Å²) in [6.45, 7) is 5.03. The van der Waals surface area contributed by atoms with Crippen molar-refractivity contribution >= 4 is 17.7 Å². The summed E-state index contributed by atoms with van der Waals surface area (Å²) in [7, 11) is 0. The molecule has 2 rings (SSSR count). The van der Waals surface area contributed by atoms with Gasteiger partial charge < -0.3 is 15.6 Å². The molecular weight excluding hydrogens is 262 g/mol. The van der Waals surface area contributed by atoms with Gasteiger partial charge in [-0.1, -0.05) is 18.7 Å². The molecular formula is C12H21N5OS. The molecule has 0 aromatic carbocycles. The first-order valence-corrected chi connectivity index (χ1v) is 7.63. The van der Waals surface area contributed by atoms with Crippen LogP contribution in [-0.4, -0.2) is 32.5 Å². The second-order valence-electron chi connectivity index (χ2n) is 4.76. The molecule has 1 aromatic rings. The van der Waals surface area contributed by atoms with Gasteiger partial charge in [0.1, 0.15) is 5.82 Å². The zero-order chi connectivity index (χ0) is 13.8. The third-order valence-corrected chi connectivity index (χ3v) is 4.09. The van der Waals surface area contributed by atoms with Gasteiger partial charge in [-0.2, -0.15) is 0 Å². The van der Waals surface area contributed by atoms with E-state index in [9.17, 15) is 4.79 Å². The van der Waals surface area contributed by atoms with Crippen molar-refractivity contribution in [2.24, 2.45) is 5.73 Å². The summed E-state index contributed by atoms with van der Waals surface area (Å²) < 4.78 is 2.09. The molecule has 1 saturated carbocycles. The Bertz CT molecular complexity index is 443. The highest BCUT2D eigenvalue weighted by Crippen LogP contribution is 2.39. The van der Waals surface area contributed by atoms with E-state index >= 15 is 0 Å². The number of hydrogen-bond acceptors (Lipinski definition) is 5. The van der Waals surface area contributed by atoms with E-state index in [4.69, 9.17) is 5.73 Å². The number of thioether (sulfide) groups is 1. The van der Waals surface area contributed by atoms with Crippen LogP contribution in [0, 0.1) is 0 Å². The van der Waals surface area contributed by atoms with E-state index in [0.717, 1.165) is 30.2 Å². The molecule has 1 fully saturated rings. The van der Waals surface area contributed by atoms with Crippen molar-refractivity contribution in [1.29, 1.82) is 0 Å². The maximum absolute atomic E-state index is 11.9. The lowest BCUT2D eigenvalue weighted by Gasteiger charge is -2.12. The minimum atomic E-state index is -0.168. The average Bonchev–Trinajstić information content (AvgIpc) is 3.17. The van der Waals surface area contributed by atoms with Crippen LogP contribution in [0.25, 0.3) is 0 Å². The Balaban J connectivity index is 2.02. The molecule has 0 spiro atoms. The molecule has 1 unspecified atom stereocenters. The van der Waals surface area contributed by atoms with Crippen LogP contribution in [0.3, 0.4) is 0 Å². The highest BCUT2D eigenvalue weighted by molar-refractivity contribution is 8.00. The van der Waals surface area contributed by atoms with Gasteiger partial charge in [0.15, 0.2) is 5.16 Å². The van der Waals surface area contributed by atoms with Crippen LogP contribution in [0.1, 0.15) is 45.0 Å². The third-order valence-electron chi connectivity index (χ3n) is 3.03. The molecule has 0 aliphatic heterocycles. The first-order chi connectivity index (χ1) is 9.17. The number of rotatable bonds is 7. The molecule has 1 aliphatic rings. The normalized spacial score (nSPS) is 16.4. The lowest BCUT2D eigenvalue weighted by atomic mass is 10.4. The lowest BCUT2D eigenvalue weighted by Crippen LogP contribution is -2.31. The molecule has 3 N–H and O–H groups in total. The summed E-state index contributed by atoms with van der Waals surface area (Å²) >= 11 is 1.46. The Morgan fingerprint density at radius 3 is 2.89 bits per heavy atom. The fourth-order valence-electron chi connectivity index (χ4n) is 1.83. The van der Waals surface area contributed by atoms with Crippen LogP contribution in [-0.2, 0) is 11.3 Å². The van der Waals surface area contributed by atoms with Crippen molar-refractivity contribution in [3.8, 4) is 0 Å². The summed E-state index contributed by atoms with van der Waals surface area (Å²) in [4.78, 5) is 11.9. The molecule has 1 amide bonds. The van der Waals surface area contributed by atoms with E-state index < -0.39 is 0 Å². The Hall–Kier alpha value is -1.08. The summed E-state index contributed by atoms with van der Waals surface area (Å²) in [6.07, 6.45) is 3.24. The number of amides is 1. The molecule has 1 atom stereocenters. The Kier molecular flexibility index (Phi) is 4.81. The first kappa shape index (κ1) is 14.3. The average molecular weight is 283 g/mol. The molecule has 1 aliphatic carbocycles. The number of nitrogens with two attached hydrogens (primary N) is 1. The van der Waals surface area contributed by atoms with Gasteiger partial charge in [0.2, 0.25) is 5.91 Å². The molecule has 1 heterocycles. The summed E-state index contributed by atoms with van der Waals surface area (Å²) in [6, 6.07) is 0.474. The van der Waals surface area contributed by atoms with Crippen LogP contribution in [0.4, 0.5) is 0 Å². The molecule has 6 nitrogen and oxygen atoms in total. The van der Waals surface area contributed by atoms with Gasteiger partial charge in [0.25, 0.3) is 0 Å². The molecule has 19 heavy (non-hydrogen) atoms. The highest BCUT2D eigenvalue weighted by atomic mass is 32.2. The van der Waals surface area contributed by atoms with Gasteiger partial charge in [0.05, 0.1) is 11.8 Å². The molecule has 7 heteroatoms. The maximum atomic E-state index is 11.9. The van der Waals surface area contributed by atoms with Crippen LogP contribution < -0.4 is 11.1 Å². The zero-order valence-corrected chi connectivity index (χ0v) is 12.2. The first-order valence-electron chi connectivity index (χ1n) is 6.75. The van der Waals surface area contributed by atoms with Crippen molar-refractivity contribution in [3.63, 3.8) is 0 Å². The van der Waals surface area contributed by atoms with Crippen molar-refractivity contribution in [3.05, 3.63) is 5.82 Å². The minimum absolute atomic E-state index is 0.0477. The number of nitrogens with zero attached hydrogens (tertiary/aromatic N) is 3. The van der Waals surface area contributed by atoms with Crippen molar-refractivity contribution in [2.45, 2.75) is 56.1 Å². The van der Waals surface area contributed by atoms with Crippen molar-refractivity contribution in [1.82, 2.24) is 20.1 Å². The van der Waals surface area contributed by atoms with Crippen LogP contribution in [0.2, 0.25) is 0 Å². The summed E-state index contributed by atoms with van der Waals surface area (Å²) in [5.41, 5.74) is 5.67. The highest BCUT2D eigenvalue weighted by Gasteiger charge is 2.30. The van der Waals surface area contributed by atoms with Gasteiger partial charge in [-0.25, -0.2) is 0 Å². The largest absolute Gasteiger partial charge is 0.355 e. The van der Waals surface area contributed by atoms with Gasteiger partial charge in [-0.15, -0.1) is 10.2 Å². The number of carbonyl (C=O) groups excluding carboxylic acids is 1. The van der Waals surface area contributed by atoms with E-state index in [1.165, 1.54) is 11.8 Å². The molecule has 106 valence electrons. The number of aromatic nitrogens is 3. The van der Waals surface area contributed by atoms with Crippen LogP contribution in [0.15, 0.2) is 5.16 Å². The van der Waals surface area contributed by atoms with Gasteiger partial charge >= 0.3 is 0 Å². The second kappa shape index (κ2) is 6.38. The van der Waals surface area contributed by atoms with E-state index in [1.807, 2.05) is 13.8 Å². The van der Waals surface area contributed by atoms with Gasteiger partial charge in [-0.3, -0.25) is 4.79 Å². The van der Waals surface area contributed by atoms with E-state index in [2.05, 4.69) is 20.1 Å². The number of hydrogen-bond donors (Lipinski definition) is 2. The SMILES string of the molecule is CCCNC(=O)C(C)Sc1nnc(CN)n1C1CC1. The topological polar surface area (TPSA) is 85.8 Å². The fourth-order valence-corrected chi connectivity index (χ4v) is 2.79. The predicted molar refractivity (Wildman–Crippen MR) is 74.8 cm³/mol. The van der Waals surface area contributed by atoms with Crippen LogP contribution >= 0.6 is 11.8 Å². The van der Waals surface area contributed by atoms with Gasteiger partial charge in [0, 0.05) is 12.6 Å². The molecule has 0 bridgehead atoms. The maximum Gasteiger partial charge on any atom is 0.233 e. The Labute approximate surface area is 117 Å². The third kappa shape index (κ3) is 3.48. The Morgan fingerprint density at radius 1 is 1.58 bits per heavy atom. The quantitative estimate of drug-likeness (QED) is 0.731. The summed E-state index contributed by atoms with van der Waals surface area (Å²) in [5.74, 6) is 0.859. The fraction of sp³-hybridized carbons (Fsp3) is 0.750. The second-order valence-corrected chi connectivity index (χ2v) is 6.06. The van der Waals surface area contributed by atoms with Crippen molar-refractivity contribution < 1.29 is 4.79 Å². The Morgan fingerprint density at radius 2 is 2.32 bits per heavy atom. The van der Waals surface area contributed by atoms with Crippen LogP contribution in [0.5, 0.6) is 0 Å². The number of carbonyl (C=O) groups is 1. The predicted octanol–water partition coefficient (Wildman–Crippen LogP) is 1.08. The standard InChI is InChI=1S/C12H21N5OS/c1-3-6-14-11(18)8(2)19-12-16-15-10(7-13)17(12)9-4-5-9/h8-9H,3-7,13H2,1-2H3,(H,14,18). The zero-order valence-electron chi connectivity index (χ0n) is 11.4. The van der Waals surface area contributed by atoms with E-state index in [1.54, 1.807) is 0 Å². The minimum Gasteiger partial charge on any atom is -0.355 e. The molecule has 0 saturated heterocycles.